The second-order valence-corrected chi connectivity index (χ2v) is 5.43. The number of rotatable bonds is 9. The Balaban J connectivity index is 3.51. The largest absolute Gasteiger partial charge is 0.493 e. The van der Waals surface area contributed by atoms with Gasteiger partial charge in [-0.1, -0.05) is 0 Å². The molecule has 0 bridgehead atoms. The van der Waals surface area contributed by atoms with Crippen LogP contribution in [0.2, 0.25) is 0 Å². The molecule has 1 N–H and O–H groups in total. The van der Waals surface area contributed by atoms with E-state index in [1.54, 1.807) is 11.0 Å². The smallest absolute Gasteiger partial charge is 0.354 e. The topological polar surface area (TPSA) is 103 Å². The Bertz CT molecular complexity index is 755. The van der Waals surface area contributed by atoms with Crippen molar-refractivity contribution in [3.8, 4) is 11.5 Å². The predicted octanol–water partition coefficient (Wildman–Crippen LogP) is 1.83. The minimum Gasteiger partial charge on any atom is -0.493 e. The first-order valence-corrected chi connectivity index (χ1v) is 8.56. The number of amides is 1. The second-order valence-electron chi connectivity index (χ2n) is 5.43. The van der Waals surface area contributed by atoms with Crippen LogP contribution in [0.25, 0.3) is 0 Å². The molecule has 1 aromatic carbocycles. The summed E-state index contributed by atoms with van der Waals surface area (Å²) in [5.74, 6) is -1.24. The zero-order valence-corrected chi connectivity index (χ0v) is 17.0. The molecule has 28 heavy (non-hydrogen) atoms. The Morgan fingerprint density at radius 3 is 2.11 bits per heavy atom. The molecular formula is C19H26N2O7. The van der Waals surface area contributed by atoms with Crippen LogP contribution < -0.4 is 14.8 Å². The van der Waals surface area contributed by atoms with E-state index in [9.17, 15) is 14.4 Å². The summed E-state index contributed by atoms with van der Waals surface area (Å²) in [7, 11) is 5.20. The normalized spacial score (nSPS) is 10.7. The molecule has 0 unspecified atom stereocenters. The third-order valence-corrected chi connectivity index (χ3v) is 3.91. The number of hydrogen-bond donors (Lipinski definition) is 1. The van der Waals surface area contributed by atoms with Gasteiger partial charge in [-0.05, 0) is 26.0 Å². The van der Waals surface area contributed by atoms with Crippen molar-refractivity contribution in [2.24, 2.45) is 0 Å². The lowest BCUT2D eigenvalue weighted by Crippen LogP contribution is -2.30. The maximum Gasteiger partial charge on any atom is 0.354 e. The quantitative estimate of drug-likeness (QED) is 0.500. The fraction of sp³-hybridized carbons (Fsp3) is 0.421. The van der Waals surface area contributed by atoms with E-state index in [1.807, 2.05) is 13.8 Å². The lowest BCUT2D eigenvalue weighted by Gasteiger charge is -2.21. The van der Waals surface area contributed by atoms with E-state index in [4.69, 9.17) is 9.47 Å². The summed E-state index contributed by atoms with van der Waals surface area (Å²) in [6.45, 7) is 4.80. The predicted molar refractivity (Wildman–Crippen MR) is 103 cm³/mol. The van der Waals surface area contributed by atoms with Crippen LogP contribution in [0.5, 0.6) is 11.5 Å². The maximum atomic E-state index is 12.7. The summed E-state index contributed by atoms with van der Waals surface area (Å²) in [6, 6.07) is 3.06. The number of ether oxygens (including phenoxy) is 4. The highest BCUT2D eigenvalue weighted by atomic mass is 16.5. The first-order chi connectivity index (χ1) is 13.4. The standard InChI is InChI=1S/C19H26N2O7/c1-7-21(8-2)18(23)12-9-13(17(27-5)15(10-12)25-3)20-14(19(24)28-6)11-16(22)26-4/h9-11,20H,7-8H2,1-6H3/b14-11+. The number of nitrogens with zero attached hydrogens (tertiary/aromatic N) is 1. The van der Waals surface area contributed by atoms with E-state index in [2.05, 4.69) is 14.8 Å². The van der Waals surface area contributed by atoms with Crippen LogP contribution in [0.4, 0.5) is 5.69 Å². The van der Waals surface area contributed by atoms with Crippen molar-refractivity contribution in [2.45, 2.75) is 13.8 Å². The van der Waals surface area contributed by atoms with Gasteiger partial charge < -0.3 is 29.2 Å². The van der Waals surface area contributed by atoms with E-state index in [0.29, 0.717) is 18.7 Å². The molecule has 0 radical (unpaired) electrons. The molecule has 9 nitrogen and oxygen atoms in total. The molecule has 9 heteroatoms. The molecule has 1 amide bonds. The molecule has 0 aliphatic heterocycles. The molecule has 0 aromatic heterocycles. The Labute approximate surface area is 164 Å². The van der Waals surface area contributed by atoms with Crippen molar-refractivity contribution >= 4 is 23.5 Å². The highest BCUT2D eigenvalue weighted by molar-refractivity contribution is 6.00. The Kier molecular flexibility index (Phi) is 8.80. The van der Waals surface area contributed by atoms with E-state index in [0.717, 1.165) is 6.08 Å². The zero-order chi connectivity index (χ0) is 21.3. The van der Waals surface area contributed by atoms with Crippen molar-refractivity contribution in [3.63, 3.8) is 0 Å². The highest BCUT2D eigenvalue weighted by Crippen LogP contribution is 2.37. The average molecular weight is 394 g/mol. The number of carbonyl (C=O) groups excluding carboxylic acids is 3. The molecule has 0 saturated carbocycles. The van der Waals surface area contributed by atoms with Gasteiger partial charge in [0.2, 0.25) is 0 Å². The lowest BCUT2D eigenvalue weighted by molar-refractivity contribution is -0.138. The van der Waals surface area contributed by atoms with Crippen LogP contribution in [0.3, 0.4) is 0 Å². The van der Waals surface area contributed by atoms with Gasteiger partial charge in [-0.3, -0.25) is 4.79 Å². The van der Waals surface area contributed by atoms with E-state index in [1.165, 1.54) is 34.5 Å². The monoisotopic (exact) mass is 394 g/mol. The van der Waals surface area contributed by atoms with Gasteiger partial charge in [0.15, 0.2) is 11.5 Å². The third-order valence-electron chi connectivity index (χ3n) is 3.91. The average Bonchev–Trinajstić information content (AvgIpc) is 2.72. The number of carbonyl (C=O) groups is 3. The van der Waals surface area contributed by atoms with Gasteiger partial charge in [-0.15, -0.1) is 0 Å². The summed E-state index contributed by atoms with van der Waals surface area (Å²) in [5.41, 5.74) is 0.381. The number of esters is 2. The third kappa shape index (κ3) is 5.38. The summed E-state index contributed by atoms with van der Waals surface area (Å²) in [5, 5.41) is 2.77. The van der Waals surface area contributed by atoms with Gasteiger partial charge in [-0.25, -0.2) is 9.59 Å². The molecule has 0 aliphatic carbocycles. The van der Waals surface area contributed by atoms with E-state index >= 15 is 0 Å². The van der Waals surface area contributed by atoms with Crippen LogP contribution in [0, 0.1) is 0 Å². The summed E-state index contributed by atoms with van der Waals surface area (Å²) < 4.78 is 19.9. The fourth-order valence-electron chi connectivity index (χ4n) is 2.45. The molecule has 0 aliphatic rings. The first kappa shape index (κ1) is 22.8. The molecule has 0 spiro atoms. The van der Waals surface area contributed by atoms with Crippen molar-refractivity contribution in [3.05, 3.63) is 29.5 Å². The van der Waals surface area contributed by atoms with Crippen molar-refractivity contribution in [1.82, 2.24) is 4.90 Å². The highest BCUT2D eigenvalue weighted by Gasteiger charge is 2.22. The van der Waals surface area contributed by atoms with Crippen molar-refractivity contribution < 1.29 is 33.3 Å². The molecule has 154 valence electrons. The molecular weight excluding hydrogens is 368 g/mol. The number of methoxy groups -OCH3 is 4. The second kappa shape index (κ2) is 10.8. The molecule has 0 fully saturated rings. The van der Waals surface area contributed by atoms with Crippen LogP contribution in [-0.2, 0) is 19.1 Å². The van der Waals surface area contributed by atoms with E-state index < -0.39 is 11.9 Å². The zero-order valence-electron chi connectivity index (χ0n) is 17.0. The lowest BCUT2D eigenvalue weighted by atomic mass is 10.1. The number of benzene rings is 1. The minimum absolute atomic E-state index is 0.192. The van der Waals surface area contributed by atoms with E-state index in [-0.39, 0.29) is 28.8 Å². The Morgan fingerprint density at radius 1 is 1.00 bits per heavy atom. The van der Waals surface area contributed by atoms with Crippen LogP contribution in [0.1, 0.15) is 24.2 Å². The number of anilines is 1. The van der Waals surface area contributed by atoms with Crippen LogP contribution in [0.15, 0.2) is 23.9 Å². The van der Waals surface area contributed by atoms with Crippen LogP contribution in [-0.4, -0.2) is 64.3 Å². The van der Waals surface area contributed by atoms with Crippen molar-refractivity contribution in [2.75, 3.05) is 46.8 Å². The molecule has 0 heterocycles. The van der Waals surface area contributed by atoms with Crippen LogP contribution >= 0.6 is 0 Å². The van der Waals surface area contributed by atoms with Gasteiger partial charge in [0, 0.05) is 18.7 Å². The fourth-order valence-corrected chi connectivity index (χ4v) is 2.45. The number of hydrogen-bond acceptors (Lipinski definition) is 8. The SMILES string of the molecule is CCN(CC)C(=O)c1cc(N/C(=C/C(=O)OC)C(=O)OC)c(OC)c(OC)c1. The minimum atomic E-state index is -0.799. The summed E-state index contributed by atoms with van der Waals surface area (Å²) in [6.07, 6.45) is 0.941. The first-order valence-electron chi connectivity index (χ1n) is 8.56. The van der Waals surface area contributed by atoms with Gasteiger partial charge in [-0.2, -0.15) is 0 Å². The van der Waals surface area contributed by atoms with Gasteiger partial charge in [0.1, 0.15) is 5.70 Å². The van der Waals surface area contributed by atoms with Gasteiger partial charge in [0.25, 0.3) is 5.91 Å². The Morgan fingerprint density at radius 2 is 1.64 bits per heavy atom. The summed E-state index contributed by atoms with van der Waals surface area (Å²) >= 11 is 0. The van der Waals surface area contributed by atoms with Gasteiger partial charge >= 0.3 is 11.9 Å². The molecule has 0 saturated heterocycles. The van der Waals surface area contributed by atoms with Gasteiger partial charge in [0.05, 0.1) is 40.2 Å². The maximum absolute atomic E-state index is 12.7. The molecule has 0 atom stereocenters. The molecule has 1 rings (SSSR count). The number of nitrogens with one attached hydrogen (secondary N) is 1. The van der Waals surface area contributed by atoms with Crippen molar-refractivity contribution in [1.29, 1.82) is 0 Å². The Hall–Kier alpha value is -3.23. The summed E-state index contributed by atoms with van der Waals surface area (Å²) in [4.78, 5) is 38.0. The molecule has 1 aromatic rings.